The molecule has 1 N–H and O–H groups in total. The molecule has 1 aliphatic carbocycles. The van der Waals surface area contributed by atoms with E-state index < -0.39 is 5.97 Å². The Balaban J connectivity index is 2.14. The van der Waals surface area contributed by atoms with Crippen LogP contribution in [0, 0.1) is 0 Å². The highest BCUT2D eigenvalue weighted by molar-refractivity contribution is 7.14. The van der Waals surface area contributed by atoms with E-state index in [0.29, 0.717) is 10.1 Å². The maximum Gasteiger partial charge on any atom is 0.338 e. The van der Waals surface area contributed by atoms with Crippen molar-refractivity contribution in [1.29, 1.82) is 0 Å². The van der Waals surface area contributed by atoms with Gasteiger partial charge in [-0.3, -0.25) is 0 Å². The topological polar surface area (TPSA) is 108 Å². The summed E-state index contributed by atoms with van der Waals surface area (Å²) in [5, 5.41) is 12.3. The third-order valence-corrected chi connectivity index (χ3v) is 2.78. The summed E-state index contributed by atoms with van der Waals surface area (Å²) in [6, 6.07) is 0. The number of aliphatic carboxylic acids is 1. The molecule has 0 bridgehead atoms. The molecule has 0 radical (unpaired) electrons. The summed E-state index contributed by atoms with van der Waals surface area (Å²) in [5.41, 5.74) is 7.85. The number of thiazole rings is 1. The minimum absolute atomic E-state index is 0.244. The normalized spacial score (nSPS) is 15.2. The number of hydrogen-bond donors (Lipinski definition) is 1. The fraction of sp³-hybridized carbons (Fsp3) is 0.333. The Morgan fingerprint density at radius 1 is 1.76 bits per heavy atom. The molecule has 1 heterocycles. The lowest BCUT2D eigenvalue weighted by Crippen LogP contribution is -1.95. The van der Waals surface area contributed by atoms with Crippen LogP contribution in [-0.2, 0) is 4.79 Å². The van der Waals surface area contributed by atoms with Gasteiger partial charge in [-0.2, -0.15) is 0 Å². The van der Waals surface area contributed by atoms with Crippen LogP contribution in [0.25, 0.3) is 16.5 Å². The summed E-state index contributed by atoms with van der Waals surface area (Å²) in [4.78, 5) is 17.7. The molecule has 1 aromatic rings. The Hall–Kier alpha value is -2.05. The van der Waals surface area contributed by atoms with Crippen molar-refractivity contribution >= 4 is 23.4 Å². The maximum atomic E-state index is 10.7. The number of nitrogens with zero attached hydrogens (tertiary/aromatic N) is 4. The van der Waals surface area contributed by atoms with Crippen LogP contribution in [0.3, 0.4) is 0 Å². The molecule has 1 saturated carbocycles. The van der Waals surface area contributed by atoms with Crippen LogP contribution in [0.2, 0.25) is 0 Å². The largest absolute Gasteiger partial charge is 0.478 e. The molecule has 0 spiro atoms. The molecule has 0 amide bonds. The summed E-state index contributed by atoms with van der Waals surface area (Å²) in [5.74, 6) is -1.28. The molecule has 2 rings (SSSR count). The van der Waals surface area contributed by atoms with Gasteiger partial charge in [0.25, 0.3) is 5.19 Å². The summed E-state index contributed by atoms with van der Waals surface area (Å²) in [6.07, 6.45) is 5.06. The van der Waals surface area contributed by atoms with Gasteiger partial charge in [-0.25, -0.2) is 9.78 Å². The monoisotopic (exact) mass is 252 g/mol. The third kappa shape index (κ3) is 3.20. The highest BCUT2D eigenvalue weighted by Crippen LogP contribution is 2.30. The van der Waals surface area contributed by atoms with E-state index in [1.165, 1.54) is 23.6 Å². The Morgan fingerprint density at radius 3 is 3.12 bits per heavy atom. The number of azide groups is 1. The van der Waals surface area contributed by atoms with Crippen molar-refractivity contribution in [3.05, 3.63) is 27.2 Å². The molecule has 7 nitrogen and oxygen atoms in total. The van der Waals surface area contributed by atoms with Crippen LogP contribution in [0.5, 0.6) is 5.19 Å². The lowest BCUT2D eigenvalue weighted by Gasteiger charge is -1.95. The molecule has 88 valence electrons. The molecule has 0 unspecified atom stereocenters. The van der Waals surface area contributed by atoms with Gasteiger partial charge in [-0.15, -0.1) is 0 Å². The van der Waals surface area contributed by atoms with E-state index in [4.69, 9.17) is 15.4 Å². The van der Waals surface area contributed by atoms with Gasteiger partial charge in [-0.1, -0.05) is 16.5 Å². The van der Waals surface area contributed by atoms with E-state index in [0.717, 1.165) is 12.8 Å². The van der Waals surface area contributed by atoms with Crippen molar-refractivity contribution in [3.63, 3.8) is 0 Å². The quantitative estimate of drug-likeness (QED) is 0.375. The lowest BCUT2D eigenvalue weighted by atomic mass is 10.4. The van der Waals surface area contributed by atoms with Crippen LogP contribution < -0.4 is 4.74 Å². The first-order valence-corrected chi connectivity index (χ1v) is 5.63. The van der Waals surface area contributed by atoms with Crippen LogP contribution >= 0.6 is 11.3 Å². The zero-order chi connectivity index (χ0) is 12.3. The second-order valence-corrected chi connectivity index (χ2v) is 4.39. The number of carboxylic acid groups (broad SMARTS) is 1. The first-order chi connectivity index (χ1) is 8.19. The van der Waals surface area contributed by atoms with Crippen molar-refractivity contribution in [1.82, 2.24) is 4.98 Å². The fourth-order valence-electron chi connectivity index (χ4n) is 1.04. The van der Waals surface area contributed by atoms with Crippen LogP contribution in [0.1, 0.15) is 17.7 Å². The van der Waals surface area contributed by atoms with Crippen molar-refractivity contribution in [2.45, 2.75) is 18.9 Å². The lowest BCUT2D eigenvalue weighted by molar-refractivity contribution is -0.132. The molecular formula is C9H8N4O3S. The predicted octanol–water partition coefficient (Wildman–Crippen LogP) is 2.42. The zero-order valence-electron chi connectivity index (χ0n) is 8.61. The molecular weight excluding hydrogens is 244 g/mol. The molecule has 0 saturated heterocycles. The Bertz CT molecular complexity index is 510. The Morgan fingerprint density at radius 2 is 2.53 bits per heavy atom. The minimum Gasteiger partial charge on any atom is -0.478 e. The molecule has 0 aromatic carbocycles. The first-order valence-electron chi connectivity index (χ1n) is 4.81. The number of carbonyl (C=O) groups is 1. The van der Waals surface area contributed by atoms with Crippen molar-refractivity contribution in [3.8, 4) is 5.19 Å². The van der Waals surface area contributed by atoms with Crippen LogP contribution in [0.4, 0.5) is 0 Å². The van der Waals surface area contributed by atoms with Crippen LogP contribution in [0.15, 0.2) is 17.0 Å². The summed E-state index contributed by atoms with van der Waals surface area (Å²) < 4.78 is 5.44. The molecule has 1 fully saturated rings. The number of rotatable bonds is 5. The van der Waals surface area contributed by atoms with Crippen molar-refractivity contribution in [2.24, 2.45) is 5.11 Å². The van der Waals surface area contributed by atoms with Gasteiger partial charge in [-0.05, 0) is 24.4 Å². The molecule has 1 aromatic heterocycles. The Kier molecular flexibility index (Phi) is 3.27. The highest BCUT2D eigenvalue weighted by Gasteiger charge is 2.24. The third-order valence-electron chi connectivity index (χ3n) is 1.94. The predicted molar refractivity (Wildman–Crippen MR) is 60.5 cm³/mol. The highest BCUT2D eigenvalue weighted by atomic mass is 32.1. The van der Waals surface area contributed by atoms with Gasteiger partial charge in [0, 0.05) is 11.1 Å². The second kappa shape index (κ2) is 4.86. The molecule has 8 heteroatoms. The van der Waals surface area contributed by atoms with Crippen molar-refractivity contribution < 1.29 is 14.6 Å². The summed E-state index contributed by atoms with van der Waals surface area (Å²) in [6.45, 7) is 0. The standard InChI is InChI=1S/C9H8N4O3S/c10-13-12-7(8(14)15)3-6-4-11-9(17-6)16-5-1-2-5/h3-5H,1-2H2,(H,14,15)/b7-3-. The molecule has 1 aliphatic rings. The van der Waals surface area contributed by atoms with Gasteiger partial charge in [0.15, 0.2) is 0 Å². The van der Waals surface area contributed by atoms with E-state index in [1.807, 2.05) is 0 Å². The average molecular weight is 252 g/mol. The number of aromatic nitrogens is 1. The van der Waals surface area contributed by atoms with Gasteiger partial charge in [0.05, 0.1) is 4.88 Å². The van der Waals surface area contributed by atoms with E-state index in [-0.39, 0.29) is 11.8 Å². The van der Waals surface area contributed by atoms with Crippen LogP contribution in [-0.4, -0.2) is 22.2 Å². The molecule has 17 heavy (non-hydrogen) atoms. The van der Waals surface area contributed by atoms with Gasteiger partial charge >= 0.3 is 5.97 Å². The maximum absolute atomic E-state index is 10.7. The fourth-order valence-corrected chi connectivity index (χ4v) is 1.80. The van der Waals surface area contributed by atoms with E-state index in [2.05, 4.69) is 15.0 Å². The number of ether oxygens (including phenoxy) is 1. The SMILES string of the molecule is [N-]=[N+]=N/C(=C\c1cnc(OC2CC2)s1)C(=O)O. The van der Waals surface area contributed by atoms with E-state index >= 15 is 0 Å². The summed E-state index contributed by atoms with van der Waals surface area (Å²) >= 11 is 1.22. The zero-order valence-corrected chi connectivity index (χ0v) is 9.42. The minimum atomic E-state index is -1.28. The smallest absolute Gasteiger partial charge is 0.338 e. The van der Waals surface area contributed by atoms with E-state index in [1.54, 1.807) is 0 Å². The van der Waals surface area contributed by atoms with E-state index in [9.17, 15) is 4.79 Å². The Labute approximate surface area is 100.0 Å². The van der Waals surface area contributed by atoms with Gasteiger partial charge in [0.2, 0.25) is 0 Å². The van der Waals surface area contributed by atoms with Gasteiger partial charge < -0.3 is 9.84 Å². The number of hydrogen-bond acceptors (Lipinski definition) is 5. The van der Waals surface area contributed by atoms with Crippen molar-refractivity contribution in [2.75, 3.05) is 0 Å². The second-order valence-electron chi connectivity index (χ2n) is 3.37. The van der Waals surface area contributed by atoms with Gasteiger partial charge in [0.1, 0.15) is 11.8 Å². The molecule has 0 aliphatic heterocycles. The first kappa shape index (κ1) is 11.4. The number of carboxylic acids is 1. The molecule has 0 atom stereocenters. The summed E-state index contributed by atoms with van der Waals surface area (Å²) in [7, 11) is 0. The average Bonchev–Trinajstić information content (AvgIpc) is 2.97.